The van der Waals surface area contributed by atoms with E-state index in [4.69, 9.17) is 5.73 Å². The summed E-state index contributed by atoms with van der Waals surface area (Å²) in [4.78, 5) is 3.67. The molecule has 0 radical (unpaired) electrons. The van der Waals surface area contributed by atoms with Crippen molar-refractivity contribution in [2.45, 2.75) is 25.9 Å². The predicted molar refractivity (Wildman–Crippen MR) is 70.6 cm³/mol. The summed E-state index contributed by atoms with van der Waals surface area (Å²) in [6.07, 6.45) is 1.24. The molecular weight excluding hydrogens is 218 g/mol. The Morgan fingerprint density at radius 3 is 3.06 bits per heavy atom. The first-order valence-electron chi connectivity index (χ1n) is 5.90. The molecule has 16 heavy (non-hydrogen) atoms. The van der Waals surface area contributed by atoms with Crippen LogP contribution in [0.25, 0.3) is 0 Å². The minimum Gasteiger partial charge on any atom is -0.398 e. The molecule has 3 N–H and O–H groups in total. The lowest BCUT2D eigenvalue weighted by Crippen LogP contribution is -2.46. The third kappa shape index (κ3) is 2.75. The van der Waals surface area contributed by atoms with Gasteiger partial charge in [0.25, 0.3) is 0 Å². The minimum atomic E-state index is 0.637. The van der Waals surface area contributed by atoms with Gasteiger partial charge >= 0.3 is 0 Å². The molecule has 0 spiro atoms. The van der Waals surface area contributed by atoms with Gasteiger partial charge in [0.15, 0.2) is 0 Å². The van der Waals surface area contributed by atoms with Crippen molar-refractivity contribution >= 4 is 17.0 Å². The normalized spacial score (nSPS) is 27.1. The van der Waals surface area contributed by atoms with Crippen molar-refractivity contribution in [2.75, 3.05) is 25.9 Å². The van der Waals surface area contributed by atoms with Crippen LogP contribution >= 0.6 is 11.3 Å². The van der Waals surface area contributed by atoms with Crippen LogP contribution in [0, 0.1) is 5.92 Å². The summed E-state index contributed by atoms with van der Waals surface area (Å²) in [7, 11) is 2.20. The van der Waals surface area contributed by atoms with E-state index in [1.807, 2.05) is 6.07 Å². The van der Waals surface area contributed by atoms with E-state index in [1.165, 1.54) is 24.4 Å². The van der Waals surface area contributed by atoms with Crippen molar-refractivity contribution in [2.24, 2.45) is 5.92 Å². The third-order valence-corrected chi connectivity index (χ3v) is 4.35. The van der Waals surface area contributed by atoms with Gasteiger partial charge in [0.05, 0.1) is 0 Å². The van der Waals surface area contributed by atoms with Gasteiger partial charge in [0.1, 0.15) is 0 Å². The zero-order valence-electron chi connectivity index (χ0n) is 10.1. The molecule has 1 aromatic heterocycles. The summed E-state index contributed by atoms with van der Waals surface area (Å²) < 4.78 is 0. The van der Waals surface area contributed by atoms with Crippen molar-refractivity contribution < 1.29 is 0 Å². The fourth-order valence-electron chi connectivity index (χ4n) is 2.38. The molecule has 0 amide bonds. The van der Waals surface area contributed by atoms with E-state index < -0.39 is 0 Å². The zero-order valence-corrected chi connectivity index (χ0v) is 10.9. The Kier molecular flexibility index (Phi) is 3.84. The number of anilines is 1. The van der Waals surface area contributed by atoms with Gasteiger partial charge in [-0.25, -0.2) is 0 Å². The Bertz CT molecular complexity index is 337. The van der Waals surface area contributed by atoms with Crippen molar-refractivity contribution in [3.8, 4) is 0 Å². The van der Waals surface area contributed by atoms with E-state index in [9.17, 15) is 0 Å². The van der Waals surface area contributed by atoms with Crippen LogP contribution in [0.15, 0.2) is 11.4 Å². The van der Waals surface area contributed by atoms with E-state index in [0.29, 0.717) is 6.04 Å². The summed E-state index contributed by atoms with van der Waals surface area (Å²) in [6.45, 7) is 5.63. The summed E-state index contributed by atoms with van der Waals surface area (Å²) in [5.74, 6) is 0.722. The highest BCUT2D eigenvalue weighted by atomic mass is 32.1. The highest BCUT2D eigenvalue weighted by molar-refractivity contribution is 7.10. The third-order valence-electron chi connectivity index (χ3n) is 3.41. The molecule has 0 saturated carbocycles. The van der Waals surface area contributed by atoms with Gasteiger partial charge in [-0.3, -0.25) is 0 Å². The number of nitrogen functional groups attached to an aromatic ring is 1. The number of rotatable bonds is 3. The first kappa shape index (κ1) is 11.9. The molecule has 1 saturated heterocycles. The van der Waals surface area contributed by atoms with Crippen LogP contribution in [0.3, 0.4) is 0 Å². The van der Waals surface area contributed by atoms with Gasteiger partial charge in [-0.1, -0.05) is 6.92 Å². The number of nitrogens with zero attached hydrogens (tertiary/aromatic N) is 1. The molecule has 0 aliphatic carbocycles. The largest absolute Gasteiger partial charge is 0.398 e. The molecule has 1 aliphatic heterocycles. The number of likely N-dealkylation sites (tertiary alicyclic amines) is 1. The summed E-state index contributed by atoms with van der Waals surface area (Å²) >= 11 is 1.74. The fourth-order valence-corrected chi connectivity index (χ4v) is 3.13. The Hall–Kier alpha value is -0.580. The second kappa shape index (κ2) is 5.17. The van der Waals surface area contributed by atoms with Crippen LogP contribution in [0.5, 0.6) is 0 Å². The Morgan fingerprint density at radius 1 is 1.62 bits per heavy atom. The molecule has 2 unspecified atom stereocenters. The molecule has 3 nitrogen and oxygen atoms in total. The number of hydrogen-bond acceptors (Lipinski definition) is 4. The maximum atomic E-state index is 5.88. The highest BCUT2D eigenvalue weighted by Gasteiger charge is 2.23. The van der Waals surface area contributed by atoms with Crippen LogP contribution in [0.2, 0.25) is 0 Å². The summed E-state index contributed by atoms with van der Waals surface area (Å²) in [5.41, 5.74) is 6.80. The number of nitrogens with one attached hydrogen (secondary N) is 1. The molecule has 1 fully saturated rings. The molecule has 2 heterocycles. The summed E-state index contributed by atoms with van der Waals surface area (Å²) in [6, 6.07) is 2.62. The van der Waals surface area contributed by atoms with E-state index in [-0.39, 0.29) is 0 Å². The molecule has 0 bridgehead atoms. The van der Waals surface area contributed by atoms with Crippen LogP contribution < -0.4 is 11.1 Å². The van der Waals surface area contributed by atoms with Crippen LogP contribution in [0.4, 0.5) is 5.69 Å². The average Bonchev–Trinajstić information content (AvgIpc) is 2.63. The fraction of sp³-hybridized carbons (Fsp3) is 0.667. The standard InChI is InChI=1S/C12H21N3S/c1-9-8-15(2)5-3-11(9)14-7-12-10(13)4-6-16-12/h4,6,9,11,14H,3,5,7-8,13H2,1-2H3. The molecule has 90 valence electrons. The Labute approximate surface area is 102 Å². The average molecular weight is 239 g/mol. The van der Waals surface area contributed by atoms with Crippen molar-refractivity contribution in [1.29, 1.82) is 0 Å². The maximum absolute atomic E-state index is 5.88. The monoisotopic (exact) mass is 239 g/mol. The maximum Gasteiger partial charge on any atom is 0.0468 e. The lowest BCUT2D eigenvalue weighted by molar-refractivity contribution is 0.174. The van der Waals surface area contributed by atoms with E-state index in [1.54, 1.807) is 11.3 Å². The Morgan fingerprint density at radius 2 is 2.44 bits per heavy atom. The van der Waals surface area contributed by atoms with E-state index >= 15 is 0 Å². The Balaban J connectivity index is 1.84. The van der Waals surface area contributed by atoms with Gasteiger partial charge in [0.2, 0.25) is 0 Å². The predicted octanol–water partition coefficient (Wildman–Crippen LogP) is 1.76. The van der Waals surface area contributed by atoms with Gasteiger partial charge in [-0.15, -0.1) is 11.3 Å². The van der Waals surface area contributed by atoms with Crippen LogP contribution in [-0.2, 0) is 6.54 Å². The quantitative estimate of drug-likeness (QED) is 0.844. The first-order valence-corrected chi connectivity index (χ1v) is 6.78. The van der Waals surface area contributed by atoms with E-state index in [2.05, 4.69) is 29.6 Å². The number of piperidine rings is 1. The molecular formula is C12H21N3S. The lowest BCUT2D eigenvalue weighted by atomic mass is 9.94. The minimum absolute atomic E-state index is 0.637. The number of hydrogen-bond donors (Lipinski definition) is 2. The molecule has 1 aliphatic rings. The van der Waals surface area contributed by atoms with Gasteiger partial charge < -0.3 is 16.0 Å². The van der Waals surface area contributed by atoms with Gasteiger partial charge in [-0.2, -0.15) is 0 Å². The molecule has 1 aromatic rings. The molecule has 2 atom stereocenters. The second-order valence-electron chi connectivity index (χ2n) is 4.81. The van der Waals surface area contributed by atoms with Crippen molar-refractivity contribution in [3.63, 3.8) is 0 Å². The van der Waals surface area contributed by atoms with Crippen LogP contribution in [-0.4, -0.2) is 31.1 Å². The summed E-state index contributed by atoms with van der Waals surface area (Å²) in [5, 5.41) is 5.70. The molecule has 4 heteroatoms. The smallest absolute Gasteiger partial charge is 0.0468 e. The lowest BCUT2D eigenvalue weighted by Gasteiger charge is -2.35. The van der Waals surface area contributed by atoms with Crippen molar-refractivity contribution in [3.05, 3.63) is 16.3 Å². The van der Waals surface area contributed by atoms with Gasteiger partial charge in [-0.05, 0) is 37.4 Å². The second-order valence-corrected chi connectivity index (χ2v) is 5.82. The first-order chi connectivity index (χ1) is 7.66. The topological polar surface area (TPSA) is 41.3 Å². The van der Waals surface area contributed by atoms with Gasteiger partial charge in [0, 0.05) is 29.7 Å². The highest BCUT2D eigenvalue weighted by Crippen LogP contribution is 2.20. The number of thiophene rings is 1. The molecule has 0 aromatic carbocycles. The van der Waals surface area contributed by atoms with Crippen molar-refractivity contribution in [1.82, 2.24) is 10.2 Å². The van der Waals surface area contributed by atoms with Crippen LogP contribution in [0.1, 0.15) is 18.2 Å². The molecule has 2 rings (SSSR count). The van der Waals surface area contributed by atoms with E-state index in [0.717, 1.165) is 18.2 Å². The SMILES string of the molecule is CC1CN(C)CCC1NCc1sccc1N. The zero-order chi connectivity index (χ0) is 11.5. The number of nitrogens with two attached hydrogens (primary N) is 1.